The first kappa shape index (κ1) is 27.2. The molecule has 0 saturated heterocycles. The number of rotatable bonds is 3. The molecule has 2 heterocycles. The zero-order valence-electron chi connectivity index (χ0n) is 23.6. The second-order valence-corrected chi connectivity index (χ2v) is 16.1. The molecule has 1 aromatic carbocycles. The molecule has 214 valence electrons. The third-order valence-electron chi connectivity index (χ3n) is 12.0. The number of guanidine groups is 1. The summed E-state index contributed by atoms with van der Waals surface area (Å²) in [5.41, 5.74) is 10.2. The Morgan fingerprint density at radius 1 is 1.20 bits per heavy atom. The van der Waals surface area contributed by atoms with E-state index in [4.69, 9.17) is 5.73 Å². The molecule has 5 bridgehead atoms. The van der Waals surface area contributed by atoms with Gasteiger partial charge in [-0.3, -0.25) is 9.79 Å². The Morgan fingerprint density at radius 2 is 2.05 bits per heavy atom. The van der Waals surface area contributed by atoms with Gasteiger partial charge in [0.15, 0.2) is 11.7 Å². The first-order valence-corrected chi connectivity index (χ1v) is 17.8. The molecule has 0 radical (unpaired) electrons. The van der Waals surface area contributed by atoms with Crippen LogP contribution in [-0.2, 0) is 11.2 Å². The number of aliphatic hydroxyl groups excluding tert-OH is 1. The van der Waals surface area contributed by atoms with Crippen molar-refractivity contribution >= 4 is 33.3 Å². The molecule has 6 aliphatic rings. The summed E-state index contributed by atoms with van der Waals surface area (Å²) in [5, 5.41) is 14.2. The Hall–Kier alpha value is -1.70. The summed E-state index contributed by atoms with van der Waals surface area (Å²) in [4.78, 5) is 18.9. The van der Waals surface area contributed by atoms with Gasteiger partial charge in [-0.05, 0) is 85.7 Å². The number of nitrogens with two attached hydrogens (primary N) is 1. The third kappa shape index (κ3) is 3.86. The number of nitrogens with zero attached hydrogens (tertiary/aromatic N) is 1. The molecular formula is C33H43N3O2S2. The molecule has 4 N–H and O–H groups in total. The van der Waals surface area contributed by atoms with Crippen molar-refractivity contribution in [3.05, 3.63) is 59.2 Å². The number of nitrogens with one attached hydrogen (secondary N) is 1. The highest BCUT2D eigenvalue weighted by atomic mass is 33.1. The lowest BCUT2D eigenvalue weighted by Crippen LogP contribution is -2.61. The van der Waals surface area contributed by atoms with Gasteiger partial charge in [0.25, 0.3) is 0 Å². The fraction of sp³-hybridized carbons (Fsp3) is 0.636. The number of Topliss-reactive ketones (excluding diaryl/α,β-unsaturated/α-hetero) is 1. The zero-order chi connectivity index (χ0) is 27.5. The molecule has 4 aliphatic carbocycles. The fourth-order valence-electron chi connectivity index (χ4n) is 10.2. The molecule has 7 heteroatoms. The fourth-order valence-corrected chi connectivity index (χ4v) is 13.1. The van der Waals surface area contributed by atoms with Crippen molar-refractivity contribution in [2.75, 3.05) is 24.7 Å². The van der Waals surface area contributed by atoms with E-state index in [9.17, 15) is 9.90 Å². The predicted octanol–water partition coefficient (Wildman–Crippen LogP) is 5.55. The van der Waals surface area contributed by atoms with Crippen LogP contribution in [0.3, 0.4) is 0 Å². The van der Waals surface area contributed by atoms with Crippen molar-refractivity contribution in [3.8, 4) is 0 Å². The van der Waals surface area contributed by atoms with Gasteiger partial charge in [0.05, 0.1) is 11.5 Å². The van der Waals surface area contributed by atoms with Gasteiger partial charge in [0.1, 0.15) is 0 Å². The minimum atomic E-state index is -0.144. The van der Waals surface area contributed by atoms with Crippen LogP contribution < -0.4 is 11.1 Å². The molecule has 0 amide bonds. The van der Waals surface area contributed by atoms with Gasteiger partial charge in [-0.1, -0.05) is 76.6 Å². The summed E-state index contributed by atoms with van der Waals surface area (Å²) in [6, 6.07) is 10.8. The minimum absolute atomic E-state index is 0.0310. The average molecular weight is 578 g/mol. The summed E-state index contributed by atoms with van der Waals surface area (Å²) in [6.45, 7) is 3.52. The van der Waals surface area contributed by atoms with E-state index >= 15 is 0 Å². The van der Waals surface area contributed by atoms with Crippen LogP contribution in [0.4, 0.5) is 0 Å². The van der Waals surface area contributed by atoms with Crippen molar-refractivity contribution in [1.29, 1.82) is 0 Å². The molecule has 2 spiro atoms. The van der Waals surface area contributed by atoms with E-state index in [-0.39, 0.29) is 28.9 Å². The Kier molecular flexibility index (Phi) is 6.95. The maximum Gasteiger partial charge on any atom is 0.189 e. The number of ketones is 1. The smallest absolute Gasteiger partial charge is 0.189 e. The van der Waals surface area contributed by atoms with E-state index in [0.717, 1.165) is 75.0 Å². The molecule has 1 aromatic rings. The lowest BCUT2D eigenvalue weighted by molar-refractivity contribution is -0.134. The number of carbonyl (C=O) groups excluding carboxylic acids is 1. The number of allylic oxidation sites excluding steroid dienone is 4. The van der Waals surface area contributed by atoms with Gasteiger partial charge in [-0.25, -0.2) is 0 Å². The van der Waals surface area contributed by atoms with Gasteiger partial charge < -0.3 is 16.2 Å². The Labute approximate surface area is 246 Å². The molecule has 40 heavy (non-hydrogen) atoms. The quantitative estimate of drug-likeness (QED) is 0.322. The monoisotopic (exact) mass is 577 g/mol. The lowest BCUT2D eigenvalue weighted by Gasteiger charge is -2.59. The van der Waals surface area contributed by atoms with Crippen LogP contribution in [0.1, 0.15) is 57.4 Å². The summed E-state index contributed by atoms with van der Waals surface area (Å²) < 4.78 is 0. The van der Waals surface area contributed by atoms with Crippen LogP contribution in [0.25, 0.3) is 0 Å². The highest BCUT2D eigenvalue weighted by Gasteiger charge is 2.73. The highest BCUT2D eigenvalue weighted by Crippen LogP contribution is 2.78. The summed E-state index contributed by atoms with van der Waals surface area (Å²) in [6.07, 6.45) is 12.6. The molecular weight excluding hydrogens is 535 g/mol. The van der Waals surface area contributed by atoms with E-state index in [1.165, 1.54) is 11.1 Å². The number of benzene rings is 1. The van der Waals surface area contributed by atoms with Gasteiger partial charge in [0, 0.05) is 36.0 Å². The number of aliphatic hydroxyl groups is 1. The van der Waals surface area contributed by atoms with Crippen LogP contribution in [0, 0.1) is 40.4 Å². The summed E-state index contributed by atoms with van der Waals surface area (Å²) in [5.74, 6) is 4.61. The van der Waals surface area contributed by atoms with Crippen LogP contribution >= 0.6 is 21.6 Å². The van der Waals surface area contributed by atoms with Gasteiger partial charge in [-0.2, -0.15) is 0 Å². The topological polar surface area (TPSA) is 87.7 Å². The molecule has 2 fully saturated rings. The van der Waals surface area contributed by atoms with Gasteiger partial charge in [-0.15, -0.1) is 0 Å². The minimum Gasteiger partial charge on any atom is -0.396 e. The summed E-state index contributed by atoms with van der Waals surface area (Å²) in [7, 11) is 4.02. The SMILES string of the molecule is CC12CCSSCC3(CCCC4=C5CC1CC(CO)C1CC=CC(C4=O)C512)NC(N)=NCC3Cc1ccccc1. The number of aliphatic imine (C=N–C) groups is 1. The molecule has 2 aliphatic heterocycles. The Balaban J connectivity index is 1.25. The van der Waals surface area contributed by atoms with Crippen molar-refractivity contribution < 1.29 is 9.90 Å². The maximum absolute atomic E-state index is 14.3. The molecule has 7 rings (SSSR count). The second kappa shape index (κ2) is 10.2. The van der Waals surface area contributed by atoms with Crippen LogP contribution in [0.5, 0.6) is 0 Å². The molecule has 2 saturated carbocycles. The first-order chi connectivity index (χ1) is 19.4. The van der Waals surface area contributed by atoms with Crippen molar-refractivity contribution in [2.45, 2.75) is 63.8 Å². The van der Waals surface area contributed by atoms with Gasteiger partial charge in [0.2, 0.25) is 0 Å². The van der Waals surface area contributed by atoms with Crippen molar-refractivity contribution in [3.63, 3.8) is 0 Å². The first-order valence-electron chi connectivity index (χ1n) is 15.3. The van der Waals surface area contributed by atoms with E-state index in [0.29, 0.717) is 35.4 Å². The zero-order valence-corrected chi connectivity index (χ0v) is 25.2. The van der Waals surface area contributed by atoms with Gasteiger partial charge >= 0.3 is 0 Å². The summed E-state index contributed by atoms with van der Waals surface area (Å²) >= 11 is 0. The Bertz CT molecular complexity index is 1260. The molecule has 0 aromatic heterocycles. The highest BCUT2D eigenvalue weighted by molar-refractivity contribution is 8.76. The van der Waals surface area contributed by atoms with Crippen molar-refractivity contribution in [2.24, 2.45) is 51.1 Å². The van der Waals surface area contributed by atoms with E-state index in [1.54, 1.807) is 0 Å². The molecule has 8 atom stereocenters. The maximum atomic E-state index is 14.3. The van der Waals surface area contributed by atoms with E-state index in [1.807, 2.05) is 21.6 Å². The number of hydrogen-bond acceptors (Lipinski definition) is 7. The lowest BCUT2D eigenvalue weighted by atomic mass is 9.44. The standard InChI is InChI=1S/C33H43N3O2S2/c1-31-13-14-39-40-20-32(24(18-35-30(34)36-32)15-21-7-3-2-4-8-21)12-6-9-25-28-17-23(31)16-22(19-37)26-10-5-11-27(29(25)38)33(26,28)31/h2-5,7-8,11,22-24,26-27,37H,6,9-10,12-20H2,1H3,(H3,34,35,36). The normalized spacial score (nSPS) is 42.6. The van der Waals surface area contributed by atoms with Crippen LogP contribution in [-0.4, -0.2) is 47.0 Å². The molecule has 5 nitrogen and oxygen atoms in total. The average Bonchev–Trinajstić information content (AvgIpc) is 3.25. The third-order valence-corrected chi connectivity index (χ3v) is 14.6. The molecule has 8 unspecified atom stereocenters. The largest absolute Gasteiger partial charge is 0.396 e. The van der Waals surface area contributed by atoms with Crippen molar-refractivity contribution in [1.82, 2.24) is 5.32 Å². The van der Waals surface area contributed by atoms with E-state index in [2.05, 4.69) is 59.7 Å². The number of hydrogen-bond donors (Lipinski definition) is 3. The predicted molar refractivity (Wildman–Crippen MR) is 166 cm³/mol. The van der Waals surface area contributed by atoms with Crippen LogP contribution in [0.2, 0.25) is 0 Å². The van der Waals surface area contributed by atoms with Crippen LogP contribution in [0.15, 0.2) is 58.6 Å². The Morgan fingerprint density at radius 3 is 2.88 bits per heavy atom. The second-order valence-electron chi connectivity index (χ2n) is 13.5. The van der Waals surface area contributed by atoms with E-state index < -0.39 is 0 Å². The number of carbonyl (C=O) groups is 1.